The zero-order chi connectivity index (χ0) is 19.4. The van der Waals surface area contributed by atoms with E-state index >= 15 is 0 Å². The Labute approximate surface area is 162 Å². The van der Waals surface area contributed by atoms with Crippen molar-refractivity contribution in [2.75, 3.05) is 6.61 Å². The lowest BCUT2D eigenvalue weighted by atomic mass is 10.1. The van der Waals surface area contributed by atoms with Crippen molar-refractivity contribution < 1.29 is 19.1 Å². The molecule has 0 saturated carbocycles. The van der Waals surface area contributed by atoms with Gasteiger partial charge in [0.15, 0.2) is 5.69 Å². The first kappa shape index (κ1) is 18.6. The van der Waals surface area contributed by atoms with Crippen LogP contribution in [0.4, 0.5) is 0 Å². The van der Waals surface area contributed by atoms with Gasteiger partial charge in [-0.05, 0) is 65.3 Å². The molecule has 3 rings (SSSR count). The van der Waals surface area contributed by atoms with Gasteiger partial charge >= 0.3 is 5.97 Å². The molecule has 27 heavy (non-hydrogen) atoms. The van der Waals surface area contributed by atoms with Crippen LogP contribution in [0.15, 0.2) is 46.9 Å². The number of aromatic amines is 1. The average Bonchev–Trinajstić information content (AvgIpc) is 3.12. The molecule has 0 aliphatic carbocycles. The van der Waals surface area contributed by atoms with Gasteiger partial charge in [-0.1, -0.05) is 0 Å². The SMILES string of the molecule is CCOC(=O)c1ccc(Oc2ccc(-c3n[nH]nc3C(N)=O)c(Br)c2)cc1. The number of carbonyl (C=O) groups excluding carboxylic acids is 2. The summed E-state index contributed by atoms with van der Waals surface area (Å²) in [6, 6.07) is 11.8. The van der Waals surface area contributed by atoms with Crippen molar-refractivity contribution >= 4 is 27.8 Å². The van der Waals surface area contributed by atoms with Gasteiger partial charge in [-0.3, -0.25) is 4.79 Å². The Morgan fingerprint density at radius 1 is 1.11 bits per heavy atom. The number of hydrogen-bond donors (Lipinski definition) is 2. The topological polar surface area (TPSA) is 120 Å². The third-order valence-electron chi connectivity index (χ3n) is 3.58. The molecule has 0 spiro atoms. The Morgan fingerprint density at radius 3 is 2.44 bits per heavy atom. The van der Waals surface area contributed by atoms with Gasteiger partial charge in [0.05, 0.1) is 12.2 Å². The number of hydrogen-bond acceptors (Lipinski definition) is 6. The maximum Gasteiger partial charge on any atom is 0.338 e. The summed E-state index contributed by atoms with van der Waals surface area (Å²) >= 11 is 3.44. The minimum absolute atomic E-state index is 0.0546. The van der Waals surface area contributed by atoms with Gasteiger partial charge in [-0.15, -0.1) is 0 Å². The third kappa shape index (κ3) is 4.14. The molecule has 0 atom stereocenters. The zero-order valence-electron chi connectivity index (χ0n) is 14.2. The average molecular weight is 431 g/mol. The minimum Gasteiger partial charge on any atom is -0.462 e. The van der Waals surface area contributed by atoms with Gasteiger partial charge in [-0.25, -0.2) is 4.79 Å². The summed E-state index contributed by atoms with van der Waals surface area (Å²) < 4.78 is 11.4. The number of esters is 1. The van der Waals surface area contributed by atoms with Crippen molar-refractivity contribution in [1.29, 1.82) is 0 Å². The van der Waals surface area contributed by atoms with E-state index in [1.165, 1.54) is 0 Å². The maximum absolute atomic E-state index is 11.7. The second-order valence-electron chi connectivity index (χ2n) is 5.37. The number of nitrogens with one attached hydrogen (secondary N) is 1. The van der Waals surface area contributed by atoms with E-state index in [0.29, 0.717) is 39.4 Å². The number of ether oxygens (including phenoxy) is 2. The van der Waals surface area contributed by atoms with E-state index in [1.54, 1.807) is 49.4 Å². The molecule has 0 fully saturated rings. The Hall–Kier alpha value is -3.20. The van der Waals surface area contributed by atoms with Crippen LogP contribution in [-0.2, 0) is 4.74 Å². The highest BCUT2D eigenvalue weighted by Crippen LogP contribution is 2.33. The molecule has 138 valence electrons. The van der Waals surface area contributed by atoms with Gasteiger partial charge in [0.1, 0.15) is 17.2 Å². The number of rotatable bonds is 6. The van der Waals surface area contributed by atoms with Gasteiger partial charge in [-0.2, -0.15) is 15.4 Å². The second kappa shape index (κ2) is 8.00. The molecule has 0 aliphatic heterocycles. The largest absolute Gasteiger partial charge is 0.462 e. The summed E-state index contributed by atoms with van der Waals surface area (Å²) in [7, 11) is 0. The molecule has 2 aromatic carbocycles. The standard InChI is InChI=1S/C18H15BrN4O4/c1-2-26-18(25)10-3-5-11(6-4-10)27-12-7-8-13(14(19)9-12)15-16(17(20)24)22-23-21-15/h3-9H,2H2,1H3,(H2,20,24)(H,21,22,23). The predicted molar refractivity (Wildman–Crippen MR) is 101 cm³/mol. The van der Waals surface area contributed by atoms with E-state index in [-0.39, 0.29) is 11.7 Å². The van der Waals surface area contributed by atoms with E-state index in [1.807, 2.05) is 0 Å². The lowest BCUT2D eigenvalue weighted by Gasteiger charge is -2.09. The van der Waals surface area contributed by atoms with E-state index in [9.17, 15) is 9.59 Å². The van der Waals surface area contributed by atoms with Crippen LogP contribution in [0.5, 0.6) is 11.5 Å². The number of nitrogens with two attached hydrogens (primary N) is 1. The smallest absolute Gasteiger partial charge is 0.338 e. The first-order valence-corrected chi connectivity index (χ1v) is 8.74. The Bertz CT molecular complexity index is 985. The summed E-state index contributed by atoms with van der Waals surface area (Å²) in [6.45, 7) is 2.07. The van der Waals surface area contributed by atoms with E-state index in [2.05, 4.69) is 31.3 Å². The van der Waals surface area contributed by atoms with Crippen LogP contribution in [0.2, 0.25) is 0 Å². The summed E-state index contributed by atoms with van der Waals surface area (Å²) in [5.41, 5.74) is 6.79. The van der Waals surface area contributed by atoms with Crippen LogP contribution < -0.4 is 10.5 Å². The van der Waals surface area contributed by atoms with Gasteiger partial charge in [0, 0.05) is 10.0 Å². The van der Waals surface area contributed by atoms with Gasteiger partial charge in [0.25, 0.3) is 5.91 Å². The van der Waals surface area contributed by atoms with Crippen molar-refractivity contribution in [1.82, 2.24) is 15.4 Å². The molecule has 3 N–H and O–H groups in total. The highest BCUT2D eigenvalue weighted by molar-refractivity contribution is 9.10. The van der Waals surface area contributed by atoms with Crippen molar-refractivity contribution in [2.24, 2.45) is 5.73 Å². The van der Waals surface area contributed by atoms with E-state index in [4.69, 9.17) is 15.2 Å². The molecule has 0 bridgehead atoms. The van der Waals surface area contributed by atoms with Crippen LogP contribution in [0.3, 0.4) is 0 Å². The number of nitrogens with zero attached hydrogens (tertiary/aromatic N) is 2. The molecule has 1 amide bonds. The lowest BCUT2D eigenvalue weighted by Crippen LogP contribution is -2.12. The first-order valence-electron chi connectivity index (χ1n) is 7.95. The van der Waals surface area contributed by atoms with E-state index < -0.39 is 5.91 Å². The normalized spacial score (nSPS) is 10.4. The number of aromatic nitrogens is 3. The lowest BCUT2D eigenvalue weighted by molar-refractivity contribution is 0.0526. The summed E-state index contributed by atoms with van der Waals surface area (Å²) in [5.74, 6) is 0.0577. The highest BCUT2D eigenvalue weighted by Gasteiger charge is 2.18. The number of halogens is 1. The molecular formula is C18H15BrN4O4. The molecule has 0 saturated heterocycles. The maximum atomic E-state index is 11.7. The van der Waals surface area contributed by atoms with Crippen molar-refractivity contribution in [3.8, 4) is 22.8 Å². The molecule has 1 aromatic heterocycles. The highest BCUT2D eigenvalue weighted by atomic mass is 79.9. The summed E-state index contributed by atoms with van der Waals surface area (Å²) in [4.78, 5) is 23.1. The monoisotopic (exact) mass is 430 g/mol. The zero-order valence-corrected chi connectivity index (χ0v) is 15.8. The van der Waals surface area contributed by atoms with Crippen molar-refractivity contribution in [3.63, 3.8) is 0 Å². The fourth-order valence-corrected chi connectivity index (χ4v) is 2.90. The van der Waals surface area contributed by atoms with Crippen molar-refractivity contribution in [3.05, 3.63) is 58.2 Å². The number of primary amides is 1. The Morgan fingerprint density at radius 2 is 1.81 bits per heavy atom. The summed E-state index contributed by atoms with van der Waals surface area (Å²) in [6.07, 6.45) is 0. The molecule has 3 aromatic rings. The van der Waals surface area contributed by atoms with Crippen LogP contribution in [-0.4, -0.2) is 33.9 Å². The quantitative estimate of drug-likeness (QED) is 0.578. The molecule has 1 heterocycles. The minimum atomic E-state index is -0.673. The van der Waals surface area contributed by atoms with Crippen LogP contribution in [0.25, 0.3) is 11.3 Å². The third-order valence-corrected chi connectivity index (χ3v) is 4.23. The molecule has 0 unspecified atom stereocenters. The second-order valence-corrected chi connectivity index (χ2v) is 6.23. The fourth-order valence-electron chi connectivity index (χ4n) is 2.35. The van der Waals surface area contributed by atoms with Crippen LogP contribution in [0, 0.1) is 0 Å². The van der Waals surface area contributed by atoms with Gasteiger partial charge in [0.2, 0.25) is 0 Å². The molecule has 9 heteroatoms. The number of amides is 1. The molecule has 0 aliphatic rings. The first-order chi connectivity index (χ1) is 13.0. The summed E-state index contributed by atoms with van der Waals surface area (Å²) in [5, 5.41) is 10.1. The Balaban J connectivity index is 1.79. The number of H-pyrrole nitrogens is 1. The predicted octanol–water partition coefficient (Wildman–Crippen LogP) is 3.30. The number of benzene rings is 2. The number of carbonyl (C=O) groups is 2. The Kier molecular flexibility index (Phi) is 5.51. The van der Waals surface area contributed by atoms with Crippen molar-refractivity contribution in [2.45, 2.75) is 6.92 Å². The van der Waals surface area contributed by atoms with Crippen LogP contribution >= 0.6 is 15.9 Å². The van der Waals surface area contributed by atoms with Gasteiger partial charge < -0.3 is 15.2 Å². The van der Waals surface area contributed by atoms with Crippen LogP contribution in [0.1, 0.15) is 27.8 Å². The van der Waals surface area contributed by atoms with E-state index in [0.717, 1.165) is 0 Å². The molecule has 0 radical (unpaired) electrons. The molecule has 8 nitrogen and oxygen atoms in total. The molecular weight excluding hydrogens is 416 g/mol. The fraction of sp³-hybridized carbons (Fsp3) is 0.111.